The highest BCUT2D eigenvalue weighted by Gasteiger charge is 2.14. The minimum absolute atomic E-state index is 0.00972. The lowest BCUT2D eigenvalue weighted by molar-refractivity contribution is 0.371. The summed E-state index contributed by atoms with van der Waals surface area (Å²) in [6, 6.07) is 5.25. The molecule has 0 fully saturated rings. The van der Waals surface area contributed by atoms with Crippen LogP contribution in [0.4, 0.5) is 0 Å². The SMILES string of the molecule is CCC(C)[C@@H](N)c1ccc(O)c(OC)c1. The first-order valence-electron chi connectivity index (χ1n) is 5.22. The Hall–Kier alpha value is -1.22. The molecule has 0 spiro atoms. The number of nitrogens with two attached hydrogens (primary N) is 1. The third-order valence-electron chi connectivity index (χ3n) is 2.85. The van der Waals surface area contributed by atoms with Gasteiger partial charge in [0.15, 0.2) is 11.5 Å². The smallest absolute Gasteiger partial charge is 0.160 e. The Morgan fingerprint density at radius 1 is 1.47 bits per heavy atom. The van der Waals surface area contributed by atoms with E-state index in [1.165, 1.54) is 7.11 Å². The van der Waals surface area contributed by atoms with Gasteiger partial charge in [-0.3, -0.25) is 0 Å². The molecular weight excluding hydrogens is 190 g/mol. The fourth-order valence-corrected chi connectivity index (χ4v) is 1.48. The standard InChI is InChI=1S/C12H19NO2/c1-4-8(2)12(13)9-5-6-10(14)11(7-9)15-3/h5-8,12,14H,4,13H2,1-3H3/t8?,12-/m1/s1. The summed E-state index contributed by atoms with van der Waals surface area (Å²) >= 11 is 0. The van der Waals surface area contributed by atoms with Crippen LogP contribution in [0.5, 0.6) is 11.5 Å². The molecule has 0 heterocycles. The van der Waals surface area contributed by atoms with E-state index in [0.717, 1.165) is 12.0 Å². The number of benzene rings is 1. The van der Waals surface area contributed by atoms with Crippen LogP contribution in [-0.4, -0.2) is 12.2 Å². The third-order valence-corrected chi connectivity index (χ3v) is 2.85. The third kappa shape index (κ3) is 2.63. The van der Waals surface area contributed by atoms with E-state index >= 15 is 0 Å². The van der Waals surface area contributed by atoms with E-state index in [2.05, 4.69) is 13.8 Å². The molecular formula is C12H19NO2. The first-order chi connectivity index (χ1) is 7.10. The molecule has 2 atom stereocenters. The first kappa shape index (κ1) is 11.9. The number of phenols is 1. The number of ether oxygens (including phenoxy) is 1. The molecule has 1 aromatic carbocycles. The lowest BCUT2D eigenvalue weighted by atomic mass is 9.93. The van der Waals surface area contributed by atoms with Gasteiger partial charge in [-0.15, -0.1) is 0 Å². The molecule has 0 radical (unpaired) electrons. The number of rotatable bonds is 4. The summed E-state index contributed by atoms with van der Waals surface area (Å²) in [6.07, 6.45) is 1.03. The van der Waals surface area contributed by atoms with E-state index in [0.29, 0.717) is 11.7 Å². The van der Waals surface area contributed by atoms with Gasteiger partial charge in [-0.25, -0.2) is 0 Å². The minimum atomic E-state index is -0.00972. The minimum Gasteiger partial charge on any atom is -0.504 e. The van der Waals surface area contributed by atoms with Gasteiger partial charge in [0.05, 0.1) is 7.11 Å². The van der Waals surface area contributed by atoms with Crippen molar-refractivity contribution in [3.05, 3.63) is 23.8 Å². The molecule has 0 amide bonds. The molecule has 15 heavy (non-hydrogen) atoms. The van der Waals surface area contributed by atoms with Gasteiger partial charge in [-0.1, -0.05) is 26.3 Å². The Balaban J connectivity index is 2.95. The van der Waals surface area contributed by atoms with E-state index < -0.39 is 0 Å². The summed E-state index contributed by atoms with van der Waals surface area (Å²) in [5.74, 6) is 1.04. The molecule has 0 aromatic heterocycles. The highest BCUT2D eigenvalue weighted by atomic mass is 16.5. The number of hydrogen-bond acceptors (Lipinski definition) is 3. The maximum atomic E-state index is 9.45. The van der Waals surface area contributed by atoms with E-state index in [1.807, 2.05) is 6.07 Å². The molecule has 3 N–H and O–H groups in total. The summed E-state index contributed by atoms with van der Waals surface area (Å²) in [5.41, 5.74) is 7.08. The second-order valence-electron chi connectivity index (χ2n) is 3.84. The molecule has 1 rings (SSSR count). The maximum Gasteiger partial charge on any atom is 0.160 e. The van der Waals surface area contributed by atoms with Crippen molar-refractivity contribution in [2.24, 2.45) is 11.7 Å². The fraction of sp³-hybridized carbons (Fsp3) is 0.500. The van der Waals surface area contributed by atoms with Gasteiger partial charge < -0.3 is 15.6 Å². The van der Waals surface area contributed by atoms with Crippen LogP contribution in [0.2, 0.25) is 0 Å². The van der Waals surface area contributed by atoms with Gasteiger partial charge in [-0.2, -0.15) is 0 Å². The number of hydrogen-bond donors (Lipinski definition) is 2. The Bertz CT molecular complexity index is 325. The molecule has 0 aliphatic rings. The Morgan fingerprint density at radius 3 is 2.67 bits per heavy atom. The van der Waals surface area contributed by atoms with Crippen LogP contribution in [-0.2, 0) is 0 Å². The average Bonchev–Trinajstić information content (AvgIpc) is 2.27. The lowest BCUT2D eigenvalue weighted by Gasteiger charge is -2.19. The molecule has 0 saturated carbocycles. The Labute approximate surface area is 90.9 Å². The van der Waals surface area contributed by atoms with Crippen LogP contribution in [0.3, 0.4) is 0 Å². The summed E-state index contributed by atoms with van der Waals surface area (Å²) in [6.45, 7) is 4.23. The van der Waals surface area contributed by atoms with Gasteiger partial charge in [0, 0.05) is 6.04 Å². The van der Waals surface area contributed by atoms with Crippen LogP contribution in [0.25, 0.3) is 0 Å². The van der Waals surface area contributed by atoms with Crippen LogP contribution in [0.1, 0.15) is 31.9 Å². The molecule has 0 aliphatic heterocycles. The van der Waals surface area contributed by atoms with Crippen LogP contribution < -0.4 is 10.5 Å². The van der Waals surface area contributed by atoms with Crippen molar-refractivity contribution < 1.29 is 9.84 Å². The Kier molecular flexibility index (Phi) is 3.97. The highest BCUT2D eigenvalue weighted by Crippen LogP contribution is 2.31. The summed E-state index contributed by atoms with van der Waals surface area (Å²) < 4.78 is 5.04. The van der Waals surface area contributed by atoms with E-state index in [4.69, 9.17) is 10.5 Å². The zero-order valence-electron chi connectivity index (χ0n) is 9.53. The van der Waals surface area contributed by atoms with Crippen molar-refractivity contribution in [1.82, 2.24) is 0 Å². The van der Waals surface area contributed by atoms with E-state index in [-0.39, 0.29) is 11.8 Å². The van der Waals surface area contributed by atoms with Crippen LogP contribution in [0, 0.1) is 5.92 Å². The fourth-order valence-electron chi connectivity index (χ4n) is 1.48. The monoisotopic (exact) mass is 209 g/mol. The van der Waals surface area contributed by atoms with Crippen LogP contribution >= 0.6 is 0 Å². The van der Waals surface area contributed by atoms with Crippen LogP contribution in [0.15, 0.2) is 18.2 Å². The summed E-state index contributed by atoms with van der Waals surface area (Å²) in [4.78, 5) is 0. The molecule has 0 saturated heterocycles. The van der Waals surface area contributed by atoms with Crippen molar-refractivity contribution in [1.29, 1.82) is 0 Å². The molecule has 0 bridgehead atoms. The molecule has 3 heteroatoms. The predicted octanol–water partition coefficient (Wildman–Crippen LogP) is 2.45. The van der Waals surface area contributed by atoms with Gasteiger partial charge >= 0.3 is 0 Å². The number of methoxy groups -OCH3 is 1. The molecule has 84 valence electrons. The van der Waals surface area contributed by atoms with Gasteiger partial charge in [0.2, 0.25) is 0 Å². The summed E-state index contributed by atoms with van der Waals surface area (Å²) in [5, 5.41) is 9.45. The molecule has 1 aromatic rings. The van der Waals surface area contributed by atoms with Crippen molar-refractivity contribution in [2.75, 3.05) is 7.11 Å². The van der Waals surface area contributed by atoms with Gasteiger partial charge in [0.1, 0.15) is 0 Å². The van der Waals surface area contributed by atoms with Crippen molar-refractivity contribution in [2.45, 2.75) is 26.3 Å². The highest BCUT2D eigenvalue weighted by molar-refractivity contribution is 5.42. The second-order valence-corrected chi connectivity index (χ2v) is 3.84. The largest absolute Gasteiger partial charge is 0.504 e. The number of aromatic hydroxyl groups is 1. The van der Waals surface area contributed by atoms with Gasteiger partial charge in [-0.05, 0) is 23.6 Å². The lowest BCUT2D eigenvalue weighted by Crippen LogP contribution is -2.18. The maximum absolute atomic E-state index is 9.45. The van der Waals surface area contributed by atoms with E-state index in [9.17, 15) is 5.11 Å². The molecule has 0 aliphatic carbocycles. The topological polar surface area (TPSA) is 55.5 Å². The zero-order valence-corrected chi connectivity index (χ0v) is 9.53. The van der Waals surface area contributed by atoms with Crippen molar-refractivity contribution in [3.63, 3.8) is 0 Å². The van der Waals surface area contributed by atoms with E-state index in [1.54, 1.807) is 12.1 Å². The van der Waals surface area contributed by atoms with Crippen molar-refractivity contribution in [3.8, 4) is 11.5 Å². The predicted molar refractivity (Wildman–Crippen MR) is 61.0 cm³/mol. The zero-order chi connectivity index (χ0) is 11.4. The van der Waals surface area contributed by atoms with Crippen molar-refractivity contribution >= 4 is 0 Å². The first-order valence-corrected chi connectivity index (χ1v) is 5.22. The van der Waals surface area contributed by atoms with Gasteiger partial charge in [0.25, 0.3) is 0 Å². The average molecular weight is 209 g/mol. The second kappa shape index (κ2) is 5.03. The quantitative estimate of drug-likeness (QED) is 0.800. The Morgan fingerprint density at radius 2 is 2.13 bits per heavy atom. The molecule has 3 nitrogen and oxygen atoms in total. The normalized spacial score (nSPS) is 14.7. The molecule has 1 unspecified atom stereocenters. The summed E-state index contributed by atoms with van der Waals surface area (Å²) in [7, 11) is 1.54. The number of phenolic OH excluding ortho intramolecular Hbond substituents is 1.